The molecule has 0 heterocycles. The summed E-state index contributed by atoms with van der Waals surface area (Å²) in [6, 6.07) is 0. The third-order valence-electron chi connectivity index (χ3n) is 2.66. The Morgan fingerprint density at radius 3 is 1.00 bits per heavy atom. The van der Waals surface area contributed by atoms with Crippen LogP contribution in [-0.2, 0) is 13.6 Å². The van der Waals surface area contributed by atoms with Gasteiger partial charge in [-0.15, -0.1) is 0 Å². The zero-order chi connectivity index (χ0) is 17.3. The van der Waals surface area contributed by atoms with E-state index in [0.717, 1.165) is 19.6 Å². The molecule has 0 unspecified atom stereocenters. The van der Waals surface area contributed by atoms with Gasteiger partial charge in [0.15, 0.2) is 0 Å². The molecule has 134 valence electrons. The van der Waals surface area contributed by atoms with Gasteiger partial charge < -0.3 is 28.3 Å². The first-order chi connectivity index (χ1) is 10.1. The van der Waals surface area contributed by atoms with Crippen LogP contribution in [0.15, 0.2) is 0 Å². The van der Waals surface area contributed by atoms with Crippen LogP contribution in [0.4, 0.5) is 0 Å². The van der Waals surface area contributed by atoms with Crippen molar-refractivity contribution in [3.05, 3.63) is 0 Å². The quantitative estimate of drug-likeness (QED) is 0.508. The largest absolute Gasteiger partial charge is 0.333 e. The minimum atomic E-state index is -1.35. The molecule has 0 aromatic heterocycles. The van der Waals surface area contributed by atoms with E-state index in [1.165, 1.54) is 0 Å². The number of likely N-dealkylation sites (N-methyl/N-ethyl adjacent to an activating group) is 3. The third kappa shape index (κ3) is 12.7. The molecule has 0 amide bonds. The molecule has 0 aliphatic heterocycles. The number of rotatable bonds is 12. The van der Waals surface area contributed by atoms with Gasteiger partial charge in [0.25, 0.3) is 0 Å². The van der Waals surface area contributed by atoms with E-state index in [1.807, 2.05) is 42.3 Å². The van der Waals surface area contributed by atoms with Crippen LogP contribution in [0.5, 0.6) is 0 Å². The minimum Gasteiger partial charge on any atom is -0.308 e. The molecular formula is C15H36N3O3P. The Labute approximate surface area is 138 Å². The summed E-state index contributed by atoms with van der Waals surface area (Å²) in [5, 5.41) is 0. The van der Waals surface area contributed by atoms with Crippen molar-refractivity contribution >= 4 is 8.60 Å². The van der Waals surface area contributed by atoms with E-state index in [4.69, 9.17) is 13.6 Å². The summed E-state index contributed by atoms with van der Waals surface area (Å²) in [7, 11) is 10.9. The van der Waals surface area contributed by atoms with E-state index in [1.54, 1.807) is 0 Å². The summed E-state index contributed by atoms with van der Waals surface area (Å²) < 4.78 is 18.0. The Morgan fingerprint density at radius 2 is 0.818 bits per heavy atom. The fraction of sp³-hybridized carbons (Fsp3) is 1.00. The first-order valence-electron chi connectivity index (χ1n) is 7.84. The molecule has 0 rings (SSSR count). The molecule has 0 N–H and O–H groups in total. The maximum absolute atomic E-state index is 6.01. The molecule has 7 heteroatoms. The topological polar surface area (TPSA) is 37.4 Å². The van der Waals surface area contributed by atoms with Crippen molar-refractivity contribution in [2.75, 3.05) is 61.9 Å². The number of hydrogen-bond donors (Lipinski definition) is 0. The van der Waals surface area contributed by atoms with Gasteiger partial charge in [-0.05, 0) is 63.1 Å². The van der Waals surface area contributed by atoms with Crippen LogP contribution in [0.25, 0.3) is 0 Å². The smallest absolute Gasteiger partial charge is 0.308 e. The molecule has 0 spiro atoms. The van der Waals surface area contributed by atoms with Crippen LogP contribution < -0.4 is 0 Å². The van der Waals surface area contributed by atoms with E-state index in [2.05, 4.69) is 35.5 Å². The highest BCUT2D eigenvalue weighted by atomic mass is 31.2. The summed E-state index contributed by atoms with van der Waals surface area (Å²) in [4.78, 5) is 6.31. The van der Waals surface area contributed by atoms with Crippen LogP contribution in [0.2, 0.25) is 0 Å². The summed E-state index contributed by atoms with van der Waals surface area (Å²) >= 11 is 0. The van der Waals surface area contributed by atoms with Gasteiger partial charge >= 0.3 is 8.60 Å². The Bertz CT molecular complexity index is 238. The van der Waals surface area contributed by atoms with Crippen molar-refractivity contribution in [3.63, 3.8) is 0 Å². The van der Waals surface area contributed by atoms with Gasteiger partial charge in [0.05, 0.1) is 18.3 Å². The predicted octanol–water partition coefficient (Wildman–Crippen LogP) is 2.11. The zero-order valence-corrected chi connectivity index (χ0v) is 16.8. The molecule has 6 nitrogen and oxygen atoms in total. The highest BCUT2D eigenvalue weighted by Crippen LogP contribution is 2.43. The van der Waals surface area contributed by atoms with Crippen LogP contribution in [0.3, 0.4) is 0 Å². The van der Waals surface area contributed by atoms with Crippen molar-refractivity contribution in [1.29, 1.82) is 0 Å². The Hall–Kier alpha value is 0.190. The summed E-state index contributed by atoms with van der Waals surface area (Å²) in [5.74, 6) is 0. The van der Waals surface area contributed by atoms with Crippen LogP contribution in [-0.4, -0.2) is 94.9 Å². The van der Waals surface area contributed by atoms with Gasteiger partial charge in [0.1, 0.15) is 0 Å². The van der Waals surface area contributed by atoms with Gasteiger partial charge in [0.2, 0.25) is 0 Å². The Balaban J connectivity index is 4.53. The van der Waals surface area contributed by atoms with Crippen LogP contribution in [0, 0.1) is 0 Å². The van der Waals surface area contributed by atoms with E-state index < -0.39 is 8.60 Å². The fourth-order valence-corrected chi connectivity index (χ4v) is 3.39. The van der Waals surface area contributed by atoms with E-state index in [-0.39, 0.29) is 18.3 Å². The third-order valence-corrected chi connectivity index (χ3v) is 4.26. The molecule has 22 heavy (non-hydrogen) atoms. The van der Waals surface area contributed by atoms with E-state index in [0.29, 0.717) is 0 Å². The monoisotopic (exact) mass is 337 g/mol. The lowest BCUT2D eigenvalue weighted by molar-refractivity contribution is 0.0581. The molecule has 0 aromatic carbocycles. The van der Waals surface area contributed by atoms with E-state index >= 15 is 0 Å². The Morgan fingerprint density at radius 1 is 0.591 bits per heavy atom. The van der Waals surface area contributed by atoms with Crippen molar-refractivity contribution in [1.82, 2.24) is 14.7 Å². The molecule has 3 atom stereocenters. The second-order valence-electron chi connectivity index (χ2n) is 6.76. The molecule has 0 saturated carbocycles. The highest BCUT2D eigenvalue weighted by Gasteiger charge is 2.23. The molecule has 0 aliphatic carbocycles. The van der Waals surface area contributed by atoms with Gasteiger partial charge in [-0.2, -0.15) is 0 Å². The summed E-state index contributed by atoms with van der Waals surface area (Å²) in [5.41, 5.74) is 0. The lowest BCUT2D eigenvalue weighted by atomic mass is 10.4. The van der Waals surface area contributed by atoms with Crippen molar-refractivity contribution < 1.29 is 13.6 Å². The lowest BCUT2D eigenvalue weighted by Gasteiger charge is -2.28. The number of nitrogens with zero attached hydrogens (tertiary/aromatic N) is 3. The lowest BCUT2D eigenvalue weighted by Crippen LogP contribution is -2.29. The predicted molar refractivity (Wildman–Crippen MR) is 94.2 cm³/mol. The van der Waals surface area contributed by atoms with Crippen molar-refractivity contribution in [2.45, 2.75) is 39.1 Å². The SMILES string of the molecule is C[C@H](CN(C)C)OP(O[C@@H](C)CN(C)C)O[C@@H](C)CN(C)C. The van der Waals surface area contributed by atoms with Gasteiger partial charge in [0, 0.05) is 19.6 Å². The second-order valence-corrected chi connectivity index (χ2v) is 7.84. The molecule has 0 aromatic rings. The molecule has 0 fully saturated rings. The summed E-state index contributed by atoms with van der Waals surface area (Å²) in [6.07, 6.45) is 0.206. The first-order valence-corrected chi connectivity index (χ1v) is 8.94. The number of hydrogen-bond acceptors (Lipinski definition) is 6. The molecule has 0 aliphatic rings. The van der Waals surface area contributed by atoms with E-state index in [9.17, 15) is 0 Å². The van der Waals surface area contributed by atoms with Crippen molar-refractivity contribution in [3.8, 4) is 0 Å². The maximum atomic E-state index is 6.01. The van der Waals surface area contributed by atoms with Gasteiger partial charge in [-0.1, -0.05) is 0 Å². The molecule has 0 saturated heterocycles. The maximum Gasteiger partial charge on any atom is 0.333 e. The fourth-order valence-electron chi connectivity index (χ4n) is 2.16. The second kappa shape index (κ2) is 11.7. The highest BCUT2D eigenvalue weighted by molar-refractivity contribution is 7.41. The first kappa shape index (κ1) is 22.2. The standard InChI is InChI=1S/C15H36N3O3P/c1-13(10-16(4)5)19-22(20-14(2)11-17(6)7)21-15(3)12-18(8)9/h13-15H,10-12H2,1-9H3/t13-,14-,15+/m0/s1. The average Bonchev–Trinajstić information content (AvgIpc) is 2.23. The molecule has 0 radical (unpaired) electrons. The zero-order valence-electron chi connectivity index (χ0n) is 15.9. The normalized spacial score (nSPS) is 16.8. The molecular weight excluding hydrogens is 301 g/mol. The Kier molecular flexibility index (Phi) is 11.8. The van der Waals surface area contributed by atoms with Gasteiger partial charge in [-0.25, -0.2) is 0 Å². The van der Waals surface area contributed by atoms with Crippen molar-refractivity contribution in [2.24, 2.45) is 0 Å². The van der Waals surface area contributed by atoms with Crippen LogP contribution >= 0.6 is 8.60 Å². The average molecular weight is 337 g/mol. The van der Waals surface area contributed by atoms with Crippen LogP contribution in [0.1, 0.15) is 20.8 Å². The molecule has 0 bridgehead atoms. The minimum absolute atomic E-state index is 0.0687. The summed E-state index contributed by atoms with van der Waals surface area (Å²) in [6.45, 7) is 8.68. The van der Waals surface area contributed by atoms with Gasteiger partial charge in [-0.3, -0.25) is 0 Å².